The van der Waals surface area contributed by atoms with Gasteiger partial charge in [-0.15, -0.1) is 0 Å². The van der Waals surface area contributed by atoms with E-state index in [9.17, 15) is 9.59 Å². The van der Waals surface area contributed by atoms with Crippen LogP contribution in [0, 0.1) is 0 Å². The molecule has 1 aliphatic heterocycles. The third kappa shape index (κ3) is 3.27. The van der Waals surface area contributed by atoms with E-state index in [-0.39, 0.29) is 5.91 Å². The molecule has 0 spiro atoms. The maximum atomic E-state index is 13.2. The molecule has 9 heteroatoms. The van der Waals surface area contributed by atoms with Crippen LogP contribution in [0.3, 0.4) is 0 Å². The molecule has 1 aliphatic rings. The summed E-state index contributed by atoms with van der Waals surface area (Å²) >= 11 is 0. The van der Waals surface area contributed by atoms with Crippen molar-refractivity contribution in [2.24, 2.45) is 0 Å². The molecule has 0 aliphatic carbocycles. The van der Waals surface area contributed by atoms with Crippen LogP contribution in [-0.4, -0.2) is 57.2 Å². The average Bonchev–Trinajstić information content (AvgIpc) is 3.15. The second kappa shape index (κ2) is 7.56. The van der Waals surface area contributed by atoms with Crippen LogP contribution in [0.5, 0.6) is 0 Å². The molecule has 3 rings (SSSR count). The smallest absolute Gasteiger partial charge is 0.337 e. The Labute approximate surface area is 157 Å². The Morgan fingerprint density at radius 1 is 1.22 bits per heavy atom. The van der Waals surface area contributed by atoms with Crippen molar-refractivity contribution in [1.29, 1.82) is 0 Å². The van der Waals surface area contributed by atoms with Gasteiger partial charge >= 0.3 is 5.97 Å². The molecule has 0 unspecified atom stereocenters. The summed E-state index contributed by atoms with van der Waals surface area (Å²) in [6.07, 6.45) is 0. The number of allylic oxidation sites excluding steroid dienone is 1. The number of benzene rings is 1. The molecule has 1 aromatic heterocycles. The Balaban J connectivity index is 2.08. The summed E-state index contributed by atoms with van der Waals surface area (Å²) in [5.41, 5.74) is 2.51. The van der Waals surface area contributed by atoms with Crippen LogP contribution >= 0.6 is 0 Å². The highest BCUT2D eigenvalue weighted by atomic mass is 16.5. The van der Waals surface area contributed by atoms with Gasteiger partial charge in [-0.05, 0) is 48.9 Å². The quantitative estimate of drug-likeness (QED) is 0.798. The van der Waals surface area contributed by atoms with Gasteiger partial charge < -0.3 is 15.0 Å². The zero-order valence-electron chi connectivity index (χ0n) is 15.8. The van der Waals surface area contributed by atoms with Gasteiger partial charge in [-0.1, -0.05) is 17.2 Å². The number of anilines is 1. The van der Waals surface area contributed by atoms with Crippen LogP contribution in [0.4, 0.5) is 5.95 Å². The van der Waals surface area contributed by atoms with Gasteiger partial charge in [0.05, 0.1) is 18.2 Å². The zero-order valence-corrected chi connectivity index (χ0v) is 15.8. The first-order valence-corrected chi connectivity index (χ1v) is 8.75. The fraction of sp³-hybridized carbons (Fsp3) is 0.389. The van der Waals surface area contributed by atoms with Gasteiger partial charge in [-0.3, -0.25) is 4.79 Å². The van der Waals surface area contributed by atoms with Gasteiger partial charge in [-0.2, -0.15) is 4.68 Å². The standard InChI is InChI=1S/C18H22N6O3/c1-5-23(6-2)16(25)14-11(3)19-18-20-21-22-24(18)15(14)12-7-9-13(10-8-12)17(26)27-4/h7-10,15H,5-6H2,1-4H3,(H,19,20,22)/t15-/m0/s1. The van der Waals surface area contributed by atoms with Crippen molar-refractivity contribution in [2.75, 3.05) is 25.5 Å². The van der Waals surface area contributed by atoms with Crippen molar-refractivity contribution in [1.82, 2.24) is 25.1 Å². The predicted molar refractivity (Wildman–Crippen MR) is 98.0 cm³/mol. The number of hydrogen-bond acceptors (Lipinski definition) is 7. The number of carbonyl (C=O) groups excluding carboxylic acids is 2. The average molecular weight is 370 g/mol. The SMILES string of the molecule is CCN(CC)C(=O)C1=C(C)Nc2nnnn2[C@H]1c1ccc(C(=O)OC)cc1. The van der Waals surface area contributed by atoms with E-state index in [2.05, 4.69) is 20.8 Å². The summed E-state index contributed by atoms with van der Waals surface area (Å²) in [5, 5.41) is 14.9. The lowest BCUT2D eigenvalue weighted by Crippen LogP contribution is -2.38. The Morgan fingerprint density at radius 3 is 2.48 bits per heavy atom. The summed E-state index contributed by atoms with van der Waals surface area (Å²) < 4.78 is 6.33. The van der Waals surface area contributed by atoms with Crippen LogP contribution in [0.2, 0.25) is 0 Å². The van der Waals surface area contributed by atoms with Gasteiger partial charge in [0.15, 0.2) is 0 Å². The lowest BCUT2D eigenvalue weighted by molar-refractivity contribution is -0.127. The number of likely N-dealkylation sites (N-methyl/N-ethyl adjacent to an activating group) is 1. The predicted octanol–water partition coefficient (Wildman–Crippen LogP) is 1.62. The van der Waals surface area contributed by atoms with Crippen molar-refractivity contribution in [3.63, 3.8) is 0 Å². The number of hydrogen-bond donors (Lipinski definition) is 1. The molecule has 142 valence electrons. The number of ether oxygens (including phenoxy) is 1. The Kier molecular flexibility index (Phi) is 5.20. The van der Waals surface area contributed by atoms with Crippen LogP contribution in [-0.2, 0) is 9.53 Å². The number of nitrogens with zero attached hydrogens (tertiary/aromatic N) is 5. The first-order valence-electron chi connectivity index (χ1n) is 8.75. The van der Waals surface area contributed by atoms with E-state index in [1.807, 2.05) is 20.8 Å². The van der Waals surface area contributed by atoms with Crippen molar-refractivity contribution in [3.05, 3.63) is 46.7 Å². The molecule has 0 radical (unpaired) electrons. The number of esters is 1. The van der Waals surface area contributed by atoms with E-state index in [4.69, 9.17) is 4.74 Å². The van der Waals surface area contributed by atoms with Crippen molar-refractivity contribution in [2.45, 2.75) is 26.8 Å². The van der Waals surface area contributed by atoms with E-state index in [1.165, 1.54) is 7.11 Å². The summed E-state index contributed by atoms with van der Waals surface area (Å²) in [5.74, 6) is -0.0278. The Hall–Kier alpha value is -3.23. The van der Waals surface area contributed by atoms with Gasteiger partial charge in [0, 0.05) is 18.8 Å². The van der Waals surface area contributed by atoms with E-state index >= 15 is 0 Å². The molecule has 2 heterocycles. The highest BCUT2D eigenvalue weighted by Crippen LogP contribution is 2.35. The molecule has 1 aromatic carbocycles. The first-order chi connectivity index (χ1) is 13.0. The molecule has 1 N–H and O–H groups in total. The molecule has 0 bridgehead atoms. The second-order valence-electron chi connectivity index (χ2n) is 6.10. The molecule has 27 heavy (non-hydrogen) atoms. The highest BCUT2D eigenvalue weighted by Gasteiger charge is 2.35. The number of aromatic nitrogens is 4. The summed E-state index contributed by atoms with van der Waals surface area (Å²) in [6.45, 7) is 6.92. The Bertz CT molecular complexity index is 883. The fourth-order valence-electron chi connectivity index (χ4n) is 3.20. The number of amides is 1. The minimum absolute atomic E-state index is 0.0757. The minimum atomic E-state index is -0.490. The normalized spacial score (nSPS) is 15.8. The lowest BCUT2D eigenvalue weighted by atomic mass is 9.94. The summed E-state index contributed by atoms with van der Waals surface area (Å²) in [7, 11) is 1.34. The Morgan fingerprint density at radius 2 is 1.89 bits per heavy atom. The van der Waals surface area contributed by atoms with Crippen molar-refractivity contribution >= 4 is 17.8 Å². The van der Waals surface area contributed by atoms with Gasteiger partial charge in [0.1, 0.15) is 6.04 Å². The monoisotopic (exact) mass is 370 g/mol. The molecule has 1 amide bonds. The van der Waals surface area contributed by atoms with E-state index in [0.717, 1.165) is 5.56 Å². The molecule has 2 aromatic rings. The number of tetrazole rings is 1. The van der Waals surface area contributed by atoms with Gasteiger partial charge in [0.2, 0.25) is 5.95 Å². The minimum Gasteiger partial charge on any atom is -0.465 e. The zero-order chi connectivity index (χ0) is 19.6. The van der Waals surface area contributed by atoms with E-state index in [0.29, 0.717) is 35.9 Å². The van der Waals surface area contributed by atoms with Crippen LogP contribution in [0.1, 0.15) is 42.7 Å². The molecule has 0 fully saturated rings. The maximum absolute atomic E-state index is 13.2. The summed E-state index contributed by atoms with van der Waals surface area (Å²) in [6, 6.07) is 6.42. The first kappa shape index (κ1) is 18.6. The number of methoxy groups -OCH3 is 1. The van der Waals surface area contributed by atoms with Crippen LogP contribution < -0.4 is 5.32 Å². The largest absolute Gasteiger partial charge is 0.465 e. The number of fused-ring (bicyclic) bond motifs is 1. The van der Waals surface area contributed by atoms with E-state index < -0.39 is 12.0 Å². The van der Waals surface area contributed by atoms with Crippen molar-refractivity contribution in [3.8, 4) is 0 Å². The van der Waals surface area contributed by atoms with Gasteiger partial charge in [0.25, 0.3) is 5.91 Å². The number of rotatable bonds is 5. The molecule has 0 saturated heterocycles. The van der Waals surface area contributed by atoms with E-state index in [1.54, 1.807) is 33.8 Å². The third-order valence-corrected chi connectivity index (χ3v) is 4.64. The topological polar surface area (TPSA) is 102 Å². The number of carbonyl (C=O) groups is 2. The summed E-state index contributed by atoms with van der Waals surface area (Å²) in [4.78, 5) is 26.6. The molecular weight excluding hydrogens is 348 g/mol. The second-order valence-corrected chi connectivity index (χ2v) is 6.10. The third-order valence-electron chi connectivity index (χ3n) is 4.64. The lowest BCUT2D eigenvalue weighted by Gasteiger charge is -2.31. The van der Waals surface area contributed by atoms with Crippen LogP contribution in [0.15, 0.2) is 35.5 Å². The number of nitrogens with one attached hydrogen (secondary N) is 1. The maximum Gasteiger partial charge on any atom is 0.337 e. The van der Waals surface area contributed by atoms with Crippen molar-refractivity contribution < 1.29 is 14.3 Å². The van der Waals surface area contributed by atoms with Gasteiger partial charge in [-0.25, -0.2) is 4.79 Å². The molecule has 0 saturated carbocycles. The molecule has 1 atom stereocenters. The molecular formula is C18H22N6O3. The fourth-order valence-corrected chi connectivity index (χ4v) is 3.20. The highest BCUT2D eigenvalue weighted by molar-refractivity contribution is 5.97. The molecule has 9 nitrogen and oxygen atoms in total. The van der Waals surface area contributed by atoms with Crippen LogP contribution in [0.25, 0.3) is 0 Å².